The maximum atomic E-state index is 4.51. The van der Waals surface area contributed by atoms with Crippen LogP contribution in [0.1, 0.15) is 11.1 Å². The van der Waals surface area contributed by atoms with Crippen LogP contribution >= 0.6 is 15.9 Å². The number of halogens is 1. The summed E-state index contributed by atoms with van der Waals surface area (Å²) in [5.41, 5.74) is 3.39. The Morgan fingerprint density at radius 1 is 1.24 bits per heavy atom. The third kappa shape index (κ3) is 2.61. The number of allylic oxidation sites excluding steroid dienone is 1. The number of aromatic nitrogens is 1. The van der Waals surface area contributed by atoms with Crippen molar-refractivity contribution in [2.45, 2.75) is 6.92 Å². The molecule has 0 aliphatic heterocycles. The Balaban J connectivity index is 2.56. The zero-order valence-electron chi connectivity index (χ0n) is 9.81. The van der Waals surface area contributed by atoms with Crippen molar-refractivity contribution < 1.29 is 0 Å². The lowest BCUT2D eigenvalue weighted by Gasteiger charge is -2.05. The van der Waals surface area contributed by atoms with Crippen molar-refractivity contribution in [1.82, 2.24) is 4.98 Å². The van der Waals surface area contributed by atoms with Gasteiger partial charge in [0.1, 0.15) is 4.60 Å². The van der Waals surface area contributed by atoms with Crippen LogP contribution in [0.25, 0.3) is 17.0 Å². The minimum atomic E-state index is 0.865. The summed E-state index contributed by atoms with van der Waals surface area (Å²) < 4.78 is 0.865. The molecule has 86 valence electrons. The van der Waals surface area contributed by atoms with Gasteiger partial charge in [-0.3, -0.25) is 4.99 Å². The molecule has 0 spiro atoms. The molecular formula is C14H13BrN2. The van der Waals surface area contributed by atoms with Crippen LogP contribution in [0.2, 0.25) is 0 Å². The zero-order valence-corrected chi connectivity index (χ0v) is 11.4. The standard InChI is InChI=1S/C14H13BrN2/c1-10-11(4-3-9-16-2)5-6-12-7-8-13(15)17-14(10)12/h3-9H,1-2H3/b4-3-,16-9+. The highest BCUT2D eigenvalue weighted by molar-refractivity contribution is 9.10. The average molecular weight is 289 g/mol. The van der Waals surface area contributed by atoms with E-state index < -0.39 is 0 Å². The largest absolute Gasteiger partial charge is 0.297 e. The first kappa shape index (κ1) is 12.0. The molecule has 1 aromatic heterocycles. The molecule has 2 rings (SSSR count). The highest BCUT2D eigenvalue weighted by atomic mass is 79.9. The lowest BCUT2D eigenvalue weighted by molar-refractivity contribution is 1.32. The van der Waals surface area contributed by atoms with Gasteiger partial charge in [0.25, 0.3) is 0 Å². The number of fused-ring (bicyclic) bond motifs is 1. The van der Waals surface area contributed by atoms with Gasteiger partial charge in [0, 0.05) is 18.6 Å². The van der Waals surface area contributed by atoms with E-state index >= 15 is 0 Å². The summed E-state index contributed by atoms with van der Waals surface area (Å²) in [5, 5.41) is 1.16. The van der Waals surface area contributed by atoms with Gasteiger partial charge in [0.05, 0.1) is 5.52 Å². The van der Waals surface area contributed by atoms with E-state index in [9.17, 15) is 0 Å². The fourth-order valence-corrected chi connectivity index (χ4v) is 2.05. The number of hydrogen-bond donors (Lipinski definition) is 0. The Kier molecular flexibility index (Phi) is 3.69. The van der Waals surface area contributed by atoms with Gasteiger partial charge in [-0.2, -0.15) is 0 Å². The number of aliphatic imine (C=N–C) groups is 1. The van der Waals surface area contributed by atoms with E-state index in [1.807, 2.05) is 18.2 Å². The van der Waals surface area contributed by atoms with E-state index in [0.717, 1.165) is 15.5 Å². The Hall–Kier alpha value is -1.48. The van der Waals surface area contributed by atoms with Crippen LogP contribution < -0.4 is 0 Å². The van der Waals surface area contributed by atoms with Gasteiger partial charge in [-0.05, 0) is 46.1 Å². The van der Waals surface area contributed by atoms with Gasteiger partial charge in [-0.15, -0.1) is 0 Å². The molecule has 0 saturated carbocycles. The minimum absolute atomic E-state index is 0.865. The van der Waals surface area contributed by atoms with E-state index in [1.54, 1.807) is 13.3 Å². The summed E-state index contributed by atoms with van der Waals surface area (Å²) in [6, 6.07) is 8.22. The molecule has 3 heteroatoms. The maximum absolute atomic E-state index is 4.51. The summed E-state index contributed by atoms with van der Waals surface area (Å²) in [6.45, 7) is 2.09. The molecule has 1 aromatic carbocycles. The Bertz CT molecular complexity index is 600. The van der Waals surface area contributed by atoms with Gasteiger partial charge < -0.3 is 0 Å². The SMILES string of the molecule is C/N=C/C=C\c1ccc2ccc(Br)nc2c1C. The predicted molar refractivity (Wildman–Crippen MR) is 77.6 cm³/mol. The van der Waals surface area contributed by atoms with Gasteiger partial charge in [0.2, 0.25) is 0 Å². The Labute approximate surface area is 109 Å². The fraction of sp³-hybridized carbons (Fsp3) is 0.143. The smallest absolute Gasteiger partial charge is 0.106 e. The lowest BCUT2D eigenvalue weighted by Crippen LogP contribution is -1.88. The van der Waals surface area contributed by atoms with Crippen molar-refractivity contribution in [3.63, 3.8) is 0 Å². The second-order valence-corrected chi connectivity index (χ2v) is 4.56. The first-order chi connectivity index (χ1) is 8.22. The molecule has 17 heavy (non-hydrogen) atoms. The molecule has 0 aliphatic rings. The zero-order chi connectivity index (χ0) is 12.3. The van der Waals surface area contributed by atoms with E-state index in [4.69, 9.17) is 0 Å². The van der Waals surface area contributed by atoms with Gasteiger partial charge >= 0.3 is 0 Å². The quantitative estimate of drug-likeness (QED) is 0.605. The van der Waals surface area contributed by atoms with Crippen LogP contribution in [0.3, 0.4) is 0 Å². The monoisotopic (exact) mass is 288 g/mol. The molecule has 2 aromatic rings. The second-order valence-electron chi connectivity index (χ2n) is 3.75. The molecule has 0 fully saturated rings. The molecular weight excluding hydrogens is 276 g/mol. The molecule has 0 aliphatic carbocycles. The van der Waals surface area contributed by atoms with Crippen LogP contribution in [-0.2, 0) is 0 Å². The van der Waals surface area contributed by atoms with Crippen LogP contribution in [0.5, 0.6) is 0 Å². The molecule has 0 amide bonds. The van der Waals surface area contributed by atoms with Crippen molar-refractivity contribution in [2.75, 3.05) is 7.05 Å². The molecule has 0 radical (unpaired) electrons. The van der Waals surface area contributed by atoms with Crippen molar-refractivity contribution in [3.8, 4) is 0 Å². The van der Waals surface area contributed by atoms with Gasteiger partial charge in [-0.25, -0.2) is 4.98 Å². The molecule has 0 unspecified atom stereocenters. The minimum Gasteiger partial charge on any atom is -0.297 e. The van der Waals surface area contributed by atoms with Crippen molar-refractivity contribution in [1.29, 1.82) is 0 Å². The topological polar surface area (TPSA) is 25.2 Å². The summed E-state index contributed by atoms with van der Waals surface area (Å²) in [4.78, 5) is 8.44. The van der Waals surface area contributed by atoms with Crippen LogP contribution in [0.15, 0.2) is 39.9 Å². The number of rotatable bonds is 2. The Morgan fingerprint density at radius 3 is 2.76 bits per heavy atom. The molecule has 0 saturated heterocycles. The number of pyridine rings is 1. The Morgan fingerprint density at radius 2 is 2.00 bits per heavy atom. The van der Waals surface area contributed by atoms with Gasteiger partial charge in [-0.1, -0.05) is 24.3 Å². The van der Waals surface area contributed by atoms with Crippen molar-refractivity contribution in [3.05, 3.63) is 46.1 Å². The van der Waals surface area contributed by atoms with E-state index in [2.05, 4.69) is 51.0 Å². The van der Waals surface area contributed by atoms with Crippen LogP contribution in [0.4, 0.5) is 0 Å². The van der Waals surface area contributed by atoms with E-state index in [-0.39, 0.29) is 0 Å². The third-order valence-electron chi connectivity index (χ3n) is 2.63. The lowest BCUT2D eigenvalue weighted by atomic mass is 10.0. The summed E-state index contributed by atoms with van der Waals surface area (Å²) in [5.74, 6) is 0. The molecule has 2 nitrogen and oxygen atoms in total. The highest BCUT2D eigenvalue weighted by Gasteiger charge is 2.03. The number of benzene rings is 1. The van der Waals surface area contributed by atoms with Crippen LogP contribution in [0, 0.1) is 6.92 Å². The first-order valence-corrected chi connectivity index (χ1v) is 6.16. The molecule has 1 heterocycles. The number of nitrogens with zero attached hydrogens (tertiary/aromatic N) is 2. The molecule has 0 bridgehead atoms. The second kappa shape index (κ2) is 5.23. The molecule has 0 atom stereocenters. The summed E-state index contributed by atoms with van der Waals surface area (Å²) in [6.07, 6.45) is 5.76. The number of aryl methyl sites for hydroxylation is 1. The third-order valence-corrected chi connectivity index (χ3v) is 3.08. The predicted octanol–water partition coefficient (Wildman–Crippen LogP) is 4.02. The van der Waals surface area contributed by atoms with E-state index in [0.29, 0.717) is 0 Å². The van der Waals surface area contributed by atoms with Crippen LogP contribution in [-0.4, -0.2) is 18.2 Å². The van der Waals surface area contributed by atoms with Gasteiger partial charge in [0.15, 0.2) is 0 Å². The fourth-order valence-electron chi connectivity index (χ4n) is 1.74. The first-order valence-electron chi connectivity index (χ1n) is 5.37. The van der Waals surface area contributed by atoms with E-state index in [1.165, 1.54) is 11.1 Å². The van der Waals surface area contributed by atoms with Crippen molar-refractivity contribution >= 4 is 39.1 Å². The number of hydrogen-bond acceptors (Lipinski definition) is 2. The summed E-state index contributed by atoms with van der Waals surface area (Å²) in [7, 11) is 1.76. The normalized spacial score (nSPS) is 11.9. The summed E-state index contributed by atoms with van der Waals surface area (Å²) >= 11 is 3.40. The van der Waals surface area contributed by atoms with Crippen molar-refractivity contribution in [2.24, 2.45) is 4.99 Å². The molecule has 0 N–H and O–H groups in total. The maximum Gasteiger partial charge on any atom is 0.106 e. The highest BCUT2D eigenvalue weighted by Crippen LogP contribution is 2.22. The average Bonchev–Trinajstić information content (AvgIpc) is 2.33.